The third kappa shape index (κ3) is 3.45. The molecule has 1 aromatic heterocycles. The van der Waals surface area contributed by atoms with Crippen molar-refractivity contribution in [2.24, 2.45) is 0 Å². The minimum absolute atomic E-state index is 0.208. The van der Waals surface area contributed by atoms with Gasteiger partial charge in [0.05, 0.1) is 12.3 Å². The summed E-state index contributed by atoms with van der Waals surface area (Å²) in [5, 5.41) is 4.41. The Morgan fingerprint density at radius 3 is 2.81 bits per heavy atom. The van der Waals surface area contributed by atoms with Crippen molar-refractivity contribution in [3.63, 3.8) is 0 Å². The molecule has 0 saturated carbocycles. The van der Waals surface area contributed by atoms with Crippen LogP contribution >= 0.6 is 0 Å². The Hall–Kier alpha value is -1.16. The number of aromatic nitrogens is 2. The molecule has 1 rings (SSSR count). The van der Waals surface area contributed by atoms with Crippen LogP contribution in [0.2, 0.25) is 0 Å². The molecule has 0 amide bonds. The molecule has 90 valence electrons. The van der Waals surface area contributed by atoms with Crippen LogP contribution in [0.4, 0.5) is 0 Å². The quantitative estimate of drug-likeness (QED) is 0.707. The van der Waals surface area contributed by atoms with Crippen molar-refractivity contribution in [2.45, 2.75) is 39.7 Å². The summed E-state index contributed by atoms with van der Waals surface area (Å²) in [7, 11) is 1.61. The Balaban J connectivity index is 2.64. The average molecular weight is 224 g/mol. The number of hydrogen-bond donors (Lipinski definition) is 0. The summed E-state index contributed by atoms with van der Waals surface area (Å²) < 4.78 is 6.80. The number of carbonyl (C=O) groups is 1. The monoisotopic (exact) mass is 224 g/mol. The lowest BCUT2D eigenvalue weighted by atomic mass is 10.1. The van der Waals surface area contributed by atoms with E-state index in [1.807, 2.05) is 17.7 Å². The molecule has 4 nitrogen and oxygen atoms in total. The van der Waals surface area contributed by atoms with E-state index in [0.29, 0.717) is 19.4 Å². The lowest BCUT2D eigenvalue weighted by molar-refractivity contribution is -0.119. The maximum atomic E-state index is 11.6. The molecular formula is C12H20N2O2. The lowest BCUT2D eigenvalue weighted by Crippen LogP contribution is -2.11. The molecule has 0 aliphatic rings. The van der Waals surface area contributed by atoms with Gasteiger partial charge in [-0.25, -0.2) is 0 Å². The highest BCUT2D eigenvalue weighted by Gasteiger charge is 2.10. The average Bonchev–Trinajstić information content (AvgIpc) is 2.68. The van der Waals surface area contributed by atoms with Crippen LogP contribution in [0.25, 0.3) is 0 Å². The number of methoxy groups -OCH3 is 1. The van der Waals surface area contributed by atoms with Crippen molar-refractivity contribution in [1.82, 2.24) is 9.78 Å². The van der Waals surface area contributed by atoms with Crippen LogP contribution in [-0.4, -0.2) is 29.3 Å². The Morgan fingerprint density at radius 2 is 2.25 bits per heavy atom. The van der Waals surface area contributed by atoms with Crippen LogP contribution in [0.1, 0.15) is 31.7 Å². The van der Waals surface area contributed by atoms with Gasteiger partial charge in [-0.15, -0.1) is 0 Å². The van der Waals surface area contributed by atoms with Gasteiger partial charge in [0.1, 0.15) is 5.78 Å². The maximum absolute atomic E-state index is 11.6. The normalized spacial score (nSPS) is 10.7. The van der Waals surface area contributed by atoms with Gasteiger partial charge in [0.15, 0.2) is 0 Å². The van der Waals surface area contributed by atoms with Gasteiger partial charge in [0, 0.05) is 32.2 Å². The Labute approximate surface area is 96.6 Å². The Kier molecular flexibility index (Phi) is 5.19. The van der Waals surface area contributed by atoms with Crippen LogP contribution in [0.3, 0.4) is 0 Å². The number of ketones is 1. The van der Waals surface area contributed by atoms with Gasteiger partial charge in [-0.1, -0.05) is 6.92 Å². The number of nitrogens with zero attached hydrogens (tertiary/aromatic N) is 2. The van der Waals surface area contributed by atoms with E-state index < -0.39 is 0 Å². The molecule has 0 aliphatic carbocycles. The molecule has 0 spiro atoms. The van der Waals surface area contributed by atoms with E-state index in [1.54, 1.807) is 7.11 Å². The fraction of sp³-hybridized carbons (Fsp3) is 0.667. The molecule has 1 heterocycles. The smallest absolute Gasteiger partial charge is 0.141 e. The first-order chi connectivity index (χ1) is 7.71. The number of carbonyl (C=O) groups excluding carboxylic acids is 1. The third-order valence-electron chi connectivity index (χ3n) is 2.54. The third-order valence-corrected chi connectivity index (χ3v) is 2.54. The summed E-state index contributed by atoms with van der Waals surface area (Å²) in [5.41, 5.74) is 2.07. The van der Waals surface area contributed by atoms with E-state index >= 15 is 0 Å². The first-order valence-electron chi connectivity index (χ1n) is 5.77. The fourth-order valence-electron chi connectivity index (χ4n) is 1.61. The number of rotatable bonds is 7. The second-order valence-corrected chi connectivity index (χ2v) is 3.75. The standard InChI is InChI=1S/C12H20N2O2/c1-4-10-8-11(14(5-2)13-10)9-12(15)6-7-16-3/h8H,4-7,9H2,1-3H3. The molecule has 4 heteroatoms. The number of Topliss-reactive ketones (excluding diaryl/α,β-unsaturated/α-hetero) is 1. The Morgan fingerprint density at radius 1 is 1.50 bits per heavy atom. The zero-order valence-corrected chi connectivity index (χ0v) is 10.3. The van der Waals surface area contributed by atoms with Gasteiger partial charge in [-0.3, -0.25) is 9.48 Å². The summed E-state index contributed by atoms with van der Waals surface area (Å²) in [6.07, 6.45) is 1.85. The Bertz CT molecular complexity index is 345. The van der Waals surface area contributed by atoms with Crippen LogP contribution in [0, 0.1) is 0 Å². The van der Waals surface area contributed by atoms with Crippen molar-refractivity contribution < 1.29 is 9.53 Å². The highest BCUT2D eigenvalue weighted by molar-refractivity contribution is 5.80. The maximum Gasteiger partial charge on any atom is 0.141 e. The molecule has 1 aromatic rings. The highest BCUT2D eigenvalue weighted by atomic mass is 16.5. The van der Waals surface area contributed by atoms with E-state index in [4.69, 9.17) is 4.74 Å². The molecule has 0 unspecified atom stereocenters. The summed E-state index contributed by atoms with van der Waals surface area (Å²) in [6, 6.07) is 2.02. The summed E-state index contributed by atoms with van der Waals surface area (Å²) in [5.74, 6) is 0.208. The van der Waals surface area contributed by atoms with E-state index in [1.165, 1.54) is 0 Å². The number of ether oxygens (including phenoxy) is 1. The van der Waals surface area contributed by atoms with Gasteiger partial charge in [-0.05, 0) is 19.4 Å². The van der Waals surface area contributed by atoms with Gasteiger partial charge in [-0.2, -0.15) is 5.10 Å². The van der Waals surface area contributed by atoms with Crippen molar-refractivity contribution in [3.05, 3.63) is 17.5 Å². The van der Waals surface area contributed by atoms with Gasteiger partial charge < -0.3 is 4.74 Å². The molecule has 0 atom stereocenters. The van der Waals surface area contributed by atoms with E-state index in [2.05, 4.69) is 12.0 Å². The number of aryl methyl sites for hydroxylation is 2. The van der Waals surface area contributed by atoms with Gasteiger partial charge in [0.25, 0.3) is 0 Å². The van der Waals surface area contributed by atoms with Crippen molar-refractivity contribution in [2.75, 3.05) is 13.7 Å². The summed E-state index contributed by atoms with van der Waals surface area (Å²) >= 11 is 0. The van der Waals surface area contributed by atoms with Crippen molar-refractivity contribution in [3.8, 4) is 0 Å². The van der Waals surface area contributed by atoms with E-state index in [0.717, 1.165) is 24.4 Å². The van der Waals surface area contributed by atoms with Crippen molar-refractivity contribution >= 4 is 5.78 Å². The first-order valence-corrected chi connectivity index (χ1v) is 5.77. The molecular weight excluding hydrogens is 204 g/mol. The molecule has 0 N–H and O–H groups in total. The molecule has 0 bridgehead atoms. The SMILES string of the molecule is CCc1cc(CC(=O)CCOC)n(CC)n1. The second-order valence-electron chi connectivity index (χ2n) is 3.75. The molecule has 0 radical (unpaired) electrons. The number of hydrogen-bond acceptors (Lipinski definition) is 3. The van der Waals surface area contributed by atoms with E-state index in [9.17, 15) is 4.79 Å². The summed E-state index contributed by atoms with van der Waals surface area (Å²) in [6.45, 7) is 5.42. The molecule has 0 aromatic carbocycles. The topological polar surface area (TPSA) is 44.1 Å². The highest BCUT2D eigenvalue weighted by Crippen LogP contribution is 2.07. The molecule has 0 aliphatic heterocycles. The first kappa shape index (κ1) is 12.9. The zero-order valence-electron chi connectivity index (χ0n) is 10.3. The van der Waals surface area contributed by atoms with Crippen LogP contribution in [-0.2, 0) is 28.9 Å². The fourth-order valence-corrected chi connectivity index (χ4v) is 1.61. The van der Waals surface area contributed by atoms with Gasteiger partial charge in [0.2, 0.25) is 0 Å². The summed E-state index contributed by atoms with van der Waals surface area (Å²) in [4.78, 5) is 11.6. The van der Waals surface area contributed by atoms with Crippen LogP contribution < -0.4 is 0 Å². The lowest BCUT2D eigenvalue weighted by Gasteiger charge is -2.03. The van der Waals surface area contributed by atoms with Crippen LogP contribution in [0.5, 0.6) is 0 Å². The second kappa shape index (κ2) is 6.43. The molecule has 16 heavy (non-hydrogen) atoms. The van der Waals surface area contributed by atoms with E-state index in [-0.39, 0.29) is 5.78 Å². The van der Waals surface area contributed by atoms with Crippen molar-refractivity contribution in [1.29, 1.82) is 0 Å². The minimum atomic E-state index is 0.208. The largest absolute Gasteiger partial charge is 0.384 e. The minimum Gasteiger partial charge on any atom is -0.384 e. The predicted molar refractivity (Wildman–Crippen MR) is 62.5 cm³/mol. The zero-order chi connectivity index (χ0) is 12.0. The molecule has 0 fully saturated rings. The van der Waals surface area contributed by atoms with Crippen LogP contribution in [0.15, 0.2) is 6.07 Å². The van der Waals surface area contributed by atoms with Gasteiger partial charge >= 0.3 is 0 Å². The predicted octanol–water partition coefficient (Wildman–Crippen LogP) is 1.61. The molecule has 0 saturated heterocycles.